The number of sulfonamides is 1. The van der Waals surface area contributed by atoms with Gasteiger partial charge in [0.25, 0.3) is 10.0 Å². The summed E-state index contributed by atoms with van der Waals surface area (Å²) in [5.41, 5.74) is 2.39. The van der Waals surface area contributed by atoms with Gasteiger partial charge < -0.3 is 5.43 Å². The monoisotopic (exact) mass is 327 g/mol. The number of rotatable bonds is 4. The highest BCUT2D eigenvalue weighted by atomic mass is 32.2. The first-order chi connectivity index (χ1) is 10.1. The highest BCUT2D eigenvalue weighted by Crippen LogP contribution is 2.45. The molecule has 2 aromatic heterocycles. The number of imidazole rings is 1. The number of nitrogens with one attached hydrogen (secondary N) is 2. The number of hydrazine groups is 1. The maximum atomic E-state index is 12.8. The van der Waals surface area contributed by atoms with Gasteiger partial charge >= 0.3 is 0 Å². The van der Waals surface area contributed by atoms with Crippen molar-refractivity contribution in [1.29, 1.82) is 0 Å². The molecule has 2 fully saturated rings. The van der Waals surface area contributed by atoms with E-state index in [1.165, 1.54) is 17.8 Å². The molecule has 9 heteroatoms. The van der Waals surface area contributed by atoms with Crippen molar-refractivity contribution in [3.05, 3.63) is 11.6 Å². The lowest BCUT2D eigenvalue weighted by atomic mass is 9.96. The summed E-state index contributed by atoms with van der Waals surface area (Å²) in [5, 5.41) is 1.91. The summed E-state index contributed by atoms with van der Waals surface area (Å²) >= 11 is 1.37. The van der Waals surface area contributed by atoms with Gasteiger partial charge in [-0.05, 0) is 31.1 Å². The molecule has 0 saturated heterocycles. The Kier molecular flexibility index (Phi) is 3.00. The molecule has 3 unspecified atom stereocenters. The van der Waals surface area contributed by atoms with Crippen LogP contribution in [-0.4, -0.2) is 23.8 Å². The normalized spacial score (nSPS) is 28.5. The van der Waals surface area contributed by atoms with Gasteiger partial charge in [-0.3, -0.25) is 4.40 Å². The second-order valence-electron chi connectivity index (χ2n) is 5.87. The van der Waals surface area contributed by atoms with Crippen LogP contribution in [0.1, 0.15) is 25.7 Å². The third-order valence-electron chi connectivity index (χ3n) is 4.65. The summed E-state index contributed by atoms with van der Waals surface area (Å²) in [6.45, 7) is 0. The summed E-state index contributed by atoms with van der Waals surface area (Å²) in [7, 11) is -3.65. The average molecular weight is 327 g/mol. The fourth-order valence-corrected chi connectivity index (χ4v) is 6.10. The van der Waals surface area contributed by atoms with Crippen LogP contribution in [0, 0.1) is 11.8 Å². The summed E-state index contributed by atoms with van der Waals surface area (Å²) < 4.78 is 29.9. The van der Waals surface area contributed by atoms with Crippen molar-refractivity contribution in [2.45, 2.75) is 36.8 Å². The Morgan fingerprint density at radius 1 is 1.38 bits per heavy atom. The second-order valence-corrected chi connectivity index (χ2v) is 8.37. The summed E-state index contributed by atoms with van der Waals surface area (Å²) in [4.78, 5) is 4.81. The van der Waals surface area contributed by atoms with Gasteiger partial charge in [-0.15, -0.1) is 11.3 Å². The van der Waals surface area contributed by atoms with E-state index in [0.717, 1.165) is 19.3 Å². The van der Waals surface area contributed by atoms with Crippen LogP contribution in [0.2, 0.25) is 0 Å². The van der Waals surface area contributed by atoms with E-state index in [0.29, 0.717) is 16.8 Å². The Morgan fingerprint density at radius 2 is 2.24 bits per heavy atom. The molecule has 2 aliphatic carbocycles. The highest BCUT2D eigenvalue weighted by molar-refractivity contribution is 7.89. The summed E-state index contributed by atoms with van der Waals surface area (Å²) in [6, 6.07) is 0.0450. The Bertz CT molecular complexity index is 781. The maximum Gasteiger partial charge on any atom is 0.260 e. The van der Waals surface area contributed by atoms with Gasteiger partial charge in [-0.2, -0.15) is 4.98 Å². The van der Waals surface area contributed by atoms with Gasteiger partial charge in [0.2, 0.25) is 5.03 Å². The van der Waals surface area contributed by atoms with Crippen LogP contribution in [-0.2, 0) is 10.0 Å². The van der Waals surface area contributed by atoms with Crippen LogP contribution in [0.25, 0.3) is 4.96 Å². The molecule has 2 bridgehead atoms. The summed E-state index contributed by atoms with van der Waals surface area (Å²) in [5.74, 6) is 6.78. The predicted molar refractivity (Wildman–Crippen MR) is 80.4 cm³/mol. The molecule has 0 spiro atoms. The molecule has 0 aromatic carbocycles. The van der Waals surface area contributed by atoms with E-state index in [-0.39, 0.29) is 16.9 Å². The topological polar surface area (TPSA) is 102 Å². The van der Waals surface area contributed by atoms with E-state index >= 15 is 0 Å². The molecular weight excluding hydrogens is 310 g/mol. The Labute approximate surface area is 126 Å². The Morgan fingerprint density at radius 3 is 2.90 bits per heavy atom. The fraction of sp³-hybridized carbons (Fsp3) is 0.583. The third-order valence-corrected chi connectivity index (χ3v) is 6.92. The molecule has 3 atom stereocenters. The van der Waals surface area contributed by atoms with Crippen molar-refractivity contribution in [3.8, 4) is 0 Å². The number of hydrogen-bond donors (Lipinski definition) is 3. The minimum absolute atomic E-state index is 0.0450. The van der Waals surface area contributed by atoms with Crippen LogP contribution in [0.15, 0.2) is 16.6 Å². The molecule has 2 heterocycles. The number of aromatic nitrogens is 2. The zero-order valence-electron chi connectivity index (χ0n) is 11.3. The third kappa shape index (κ3) is 2.07. The molecule has 4 rings (SSSR count). The maximum absolute atomic E-state index is 12.8. The van der Waals surface area contributed by atoms with Gasteiger partial charge in [0.15, 0.2) is 10.8 Å². The minimum Gasteiger partial charge on any atom is -0.306 e. The van der Waals surface area contributed by atoms with Gasteiger partial charge in [0.05, 0.1) is 0 Å². The van der Waals surface area contributed by atoms with E-state index in [2.05, 4.69) is 15.1 Å². The minimum atomic E-state index is -3.65. The Balaban J connectivity index is 1.71. The number of anilines is 1. The second kappa shape index (κ2) is 4.67. The number of thiazole rings is 1. The Hall–Kier alpha value is -1.16. The zero-order chi connectivity index (χ0) is 14.6. The van der Waals surface area contributed by atoms with Crippen LogP contribution >= 0.6 is 11.3 Å². The van der Waals surface area contributed by atoms with E-state index in [9.17, 15) is 8.42 Å². The predicted octanol–water partition coefficient (Wildman–Crippen LogP) is 1.15. The zero-order valence-corrected chi connectivity index (χ0v) is 13.0. The van der Waals surface area contributed by atoms with Gasteiger partial charge in [-0.1, -0.05) is 6.42 Å². The lowest BCUT2D eigenvalue weighted by Gasteiger charge is -2.22. The molecule has 2 aliphatic rings. The number of fused-ring (bicyclic) bond motifs is 3. The first kappa shape index (κ1) is 13.5. The van der Waals surface area contributed by atoms with Crippen molar-refractivity contribution in [1.82, 2.24) is 14.1 Å². The lowest BCUT2D eigenvalue weighted by Crippen LogP contribution is -2.39. The van der Waals surface area contributed by atoms with Gasteiger partial charge in [0.1, 0.15) is 0 Å². The molecule has 21 heavy (non-hydrogen) atoms. The standard InChI is InChI=1S/C12H17N5O2S2/c13-15-10-11(17-3-4-20-12(17)14-10)21(18,19)16-9-6-7-1-2-8(9)5-7/h3-4,7-9,15-16H,1-2,5-6,13H2. The summed E-state index contributed by atoms with van der Waals surface area (Å²) in [6.07, 6.45) is 6.15. The van der Waals surface area contributed by atoms with E-state index in [1.54, 1.807) is 16.0 Å². The first-order valence-electron chi connectivity index (χ1n) is 7.03. The van der Waals surface area contributed by atoms with Gasteiger partial charge in [0, 0.05) is 17.6 Å². The van der Waals surface area contributed by atoms with Crippen molar-refractivity contribution >= 4 is 32.1 Å². The van der Waals surface area contributed by atoms with Crippen LogP contribution < -0.4 is 16.0 Å². The highest BCUT2D eigenvalue weighted by Gasteiger charge is 2.42. The number of hydrogen-bond acceptors (Lipinski definition) is 6. The van der Waals surface area contributed by atoms with Gasteiger partial charge in [-0.25, -0.2) is 19.0 Å². The van der Waals surface area contributed by atoms with Crippen LogP contribution in [0.5, 0.6) is 0 Å². The lowest BCUT2D eigenvalue weighted by molar-refractivity contribution is 0.390. The van der Waals surface area contributed by atoms with E-state index in [1.807, 2.05) is 0 Å². The first-order valence-corrected chi connectivity index (χ1v) is 9.39. The van der Waals surface area contributed by atoms with Crippen molar-refractivity contribution < 1.29 is 8.42 Å². The fourth-order valence-electron chi connectivity index (χ4n) is 3.76. The van der Waals surface area contributed by atoms with E-state index < -0.39 is 10.0 Å². The number of nitrogens with two attached hydrogens (primary N) is 1. The molecule has 2 saturated carbocycles. The van der Waals surface area contributed by atoms with Crippen LogP contribution in [0.3, 0.4) is 0 Å². The number of nitrogen functional groups attached to an aromatic ring is 1. The van der Waals surface area contributed by atoms with E-state index in [4.69, 9.17) is 5.84 Å². The van der Waals surface area contributed by atoms with Crippen molar-refractivity contribution in [2.75, 3.05) is 5.43 Å². The molecule has 4 N–H and O–H groups in total. The van der Waals surface area contributed by atoms with Crippen molar-refractivity contribution in [3.63, 3.8) is 0 Å². The molecule has 114 valence electrons. The molecule has 0 aliphatic heterocycles. The van der Waals surface area contributed by atoms with Crippen molar-refractivity contribution in [2.24, 2.45) is 17.7 Å². The molecular formula is C12H17N5O2S2. The smallest absolute Gasteiger partial charge is 0.260 e. The largest absolute Gasteiger partial charge is 0.306 e. The SMILES string of the molecule is NNc1nc2sccn2c1S(=O)(=O)NC1CC2CCC1C2. The number of nitrogens with zero attached hydrogens (tertiary/aromatic N) is 2. The molecule has 0 radical (unpaired) electrons. The molecule has 0 amide bonds. The molecule has 7 nitrogen and oxygen atoms in total. The molecule has 2 aromatic rings. The van der Waals surface area contributed by atoms with Crippen LogP contribution in [0.4, 0.5) is 5.82 Å². The quantitative estimate of drug-likeness (QED) is 0.577. The average Bonchev–Trinajstić information content (AvgIpc) is 3.16.